The predicted octanol–water partition coefficient (Wildman–Crippen LogP) is 3.66. The highest BCUT2D eigenvalue weighted by Crippen LogP contribution is 2.46. The Morgan fingerprint density at radius 2 is 2.15 bits per heavy atom. The number of aliphatic hydroxyl groups is 1. The second-order valence-electron chi connectivity index (χ2n) is 6.72. The van der Waals surface area contributed by atoms with Crippen molar-refractivity contribution in [1.82, 2.24) is 0 Å². The van der Waals surface area contributed by atoms with Gasteiger partial charge in [-0.25, -0.2) is 0 Å². The molecule has 20 heavy (non-hydrogen) atoms. The van der Waals surface area contributed by atoms with Gasteiger partial charge in [0.1, 0.15) is 0 Å². The zero-order valence-corrected chi connectivity index (χ0v) is 13.0. The Hall–Kier alpha value is -0.600. The van der Waals surface area contributed by atoms with Crippen molar-refractivity contribution in [3.8, 4) is 0 Å². The number of aliphatic hydroxyl groups excluding tert-OH is 1. The Morgan fingerprint density at radius 1 is 1.35 bits per heavy atom. The van der Waals surface area contributed by atoms with E-state index in [1.807, 2.05) is 6.92 Å². The molecule has 0 radical (unpaired) electrons. The summed E-state index contributed by atoms with van der Waals surface area (Å²) < 4.78 is 0. The highest BCUT2D eigenvalue weighted by molar-refractivity contribution is 5.13. The molecule has 2 rings (SSSR count). The molecule has 2 nitrogen and oxygen atoms in total. The van der Waals surface area contributed by atoms with Crippen molar-refractivity contribution < 1.29 is 5.11 Å². The van der Waals surface area contributed by atoms with Crippen LogP contribution in [0.3, 0.4) is 0 Å². The minimum Gasteiger partial charge on any atom is -0.392 e. The molecule has 2 heteroatoms. The van der Waals surface area contributed by atoms with E-state index in [0.717, 1.165) is 31.1 Å². The lowest BCUT2D eigenvalue weighted by Gasteiger charge is -2.36. The van der Waals surface area contributed by atoms with Crippen molar-refractivity contribution >= 4 is 0 Å². The van der Waals surface area contributed by atoms with Crippen LogP contribution in [-0.2, 0) is 0 Å². The Labute approximate surface area is 124 Å². The van der Waals surface area contributed by atoms with Crippen LogP contribution in [0.2, 0.25) is 0 Å². The van der Waals surface area contributed by atoms with Crippen LogP contribution in [-0.4, -0.2) is 17.3 Å². The Morgan fingerprint density at radius 3 is 2.85 bits per heavy atom. The fourth-order valence-corrected chi connectivity index (χ4v) is 4.02. The first-order valence-corrected chi connectivity index (χ1v) is 8.42. The van der Waals surface area contributed by atoms with Crippen LogP contribution in [0.4, 0.5) is 0 Å². The minimum absolute atomic E-state index is 0.113. The maximum absolute atomic E-state index is 10.00. The number of rotatable bonds is 6. The fourth-order valence-electron chi connectivity index (χ4n) is 4.02. The fraction of sp³-hybridized carbons (Fsp3) is 0.778. The van der Waals surface area contributed by atoms with Gasteiger partial charge in [0.05, 0.1) is 6.10 Å². The van der Waals surface area contributed by atoms with Crippen LogP contribution in [0.25, 0.3) is 0 Å². The highest BCUT2D eigenvalue weighted by atomic mass is 16.3. The first-order chi connectivity index (χ1) is 9.63. The van der Waals surface area contributed by atoms with Crippen LogP contribution >= 0.6 is 0 Å². The number of hydrogen-bond donors (Lipinski definition) is 2. The lowest BCUT2D eigenvalue weighted by atomic mass is 9.69. The number of nitrogens with two attached hydrogens (primary N) is 1. The summed E-state index contributed by atoms with van der Waals surface area (Å²) in [6, 6.07) is -0.113. The molecule has 0 aromatic heterocycles. The summed E-state index contributed by atoms with van der Waals surface area (Å²) in [4.78, 5) is 0. The molecule has 0 aromatic carbocycles. The molecule has 0 saturated heterocycles. The molecule has 0 bridgehead atoms. The number of fused-ring (bicyclic) bond motifs is 1. The first kappa shape index (κ1) is 15.8. The lowest BCUT2D eigenvalue weighted by Crippen LogP contribution is -2.34. The molecule has 0 amide bonds. The van der Waals surface area contributed by atoms with Crippen molar-refractivity contribution in [3.05, 3.63) is 24.3 Å². The topological polar surface area (TPSA) is 46.2 Å². The smallest absolute Gasteiger partial charge is 0.0688 e. The first-order valence-electron chi connectivity index (χ1n) is 8.42. The normalized spacial score (nSPS) is 36.2. The molecule has 0 spiro atoms. The Balaban J connectivity index is 2.03. The van der Waals surface area contributed by atoms with Gasteiger partial charge in [-0.3, -0.25) is 0 Å². The maximum atomic E-state index is 10.00. The molecule has 0 aromatic rings. The van der Waals surface area contributed by atoms with Gasteiger partial charge in [0, 0.05) is 6.04 Å². The molecule has 2 aliphatic carbocycles. The van der Waals surface area contributed by atoms with E-state index in [-0.39, 0.29) is 12.1 Å². The van der Waals surface area contributed by atoms with Crippen molar-refractivity contribution in [1.29, 1.82) is 0 Å². The average molecular weight is 277 g/mol. The summed E-state index contributed by atoms with van der Waals surface area (Å²) in [5.41, 5.74) is 5.80. The van der Waals surface area contributed by atoms with E-state index < -0.39 is 0 Å². The Kier molecular flexibility index (Phi) is 5.86. The summed E-state index contributed by atoms with van der Waals surface area (Å²) >= 11 is 0. The van der Waals surface area contributed by atoms with Crippen molar-refractivity contribution in [2.24, 2.45) is 29.4 Å². The van der Waals surface area contributed by atoms with E-state index in [0.29, 0.717) is 11.8 Å². The molecule has 114 valence electrons. The zero-order valence-electron chi connectivity index (χ0n) is 13.0. The van der Waals surface area contributed by atoms with Gasteiger partial charge < -0.3 is 10.8 Å². The summed E-state index contributed by atoms with van der Waals surface area (Å²) in [6.45, 7) is 4.09. The third-order valence-electron chi connectivity index (χ3n) is 5.25. The third kappa shape index (κ3) is 3.73. The summed E-state index contributed by atoms with van der Waals surface area (Å²) in [5, 5.41) is 10.00. The van der Waals surface area contributed by atoms with Crippen LogP contribution in [0.1, 0.15) is 52.4 Å². The second kappa shape index (κ2) is 7.42. The van der Waals surface area contributed by atoms with Gasteiger partial charge in [0.15, 0.2) is 0 Å². The monoisotopic (exact) mass is 277 g/mol. The van der Waals surface area contributed by atoms with Crippen molar-refractivity contribution in [3.63, 3.8) is 0 Å². The molecule has 6 atom stereocenters. The van der Waals surface area contributed by atoms with E-state index in [1.165, 1.54) is 19.3 Å². The molecule has 3 N–H and O–H groups in total. The maximum Gasteiger partial charge on any atom is 0.0688 e. The molecule has 0 unspecified atom stereocenters. The van der Waals surface area contributed by atoms with Gasteiger partial charge in [-0.2, -0.15) is 0 Å². The molecule has 0 heterocycles. The van der Waals surface area contributed by atoms with Gasteiger partial charge >= 0.3 is 0 Å². The predicted molar refractivity (Wildman–Crippen MR) is 85.3 cm³/mol. The van der Waals surface area contributed by atoms with Gasteiger partial charge in [0.2, 0.25) is 0 Å². The highest BCUT2D eigenvalue weighted by Gasteiger charge is 2.37. The number of allylic oxidation sites excluding steroid dienone is 4. The third-order valence-corrected chi connectivity index (χ3v) is 5.25. The number of hydrogen-bond acceptors (Lipinski definition) is 2. The van der Waals surface area contributed by atoms with Crippen molar-refractivity contribution in [2.45, 2.75) is 64.5 Å². The van der Waals surface area contributed by atoms with Gasteiger partial charge in [0.25, 0.3) is 0 Å². The van der Waals surface area contributed by atoms with Crippen LogP contribution in [0.15, 0.2) is 24.3 Å². The standard InChI is InChI=1S/C18H31NO/c1-3-4-6-14-9-10-15-7-5-8-16(15)17(14)11-12-18(20)13(2)19/h4,6,9-10,13-18,20H,3,5,7-8,11-12,19H2,1-2H3/b6-4+/t13-,14-,15+,16-,17-,18+/m1/s1. The summed E-state index contributed by atoms with van der Waals surface area (Å²) in [7, 11) is 0. The average Bonchev–Trinajstić information content (AvgIpc) is 2.90. The van der Waals surface area contributed by atoms with E-state index in [1.54, 1.807) is 0 Å². The summed E-state index contributed by atoms with van der Waals surface area (Å²) in [6.07, 6.45) is 16.3. The van der Waals surface area contributed by atoms with Crippen molar-refractivity contribution in [2.75, 3.05) is 0 Å². The van der Waals surface area contributed by atoms with Crippen LogP contribution in [0.5, 0.6) is 0 Å². The second-order valence-corrected chi connectivity index (χ2v) is 6.72. The molecular weight excluding hydrogens is 246 g/mol. The van der Waals surface area contributed by atoms with E-state index >= 15 is 0 Å². The molecule has 2 aliphatic rings. The van der Waals surface area contributed by atoms with Gasteiger partial charge in [-0.1, -0.05) is 37.6 Å². The van der Waals surface area contributed by atoms with Crippen LogP contribution in [0, 0.1) is 23.7 Å². The quantitative estimate of drug-likeness (QED) is 0.728. The Bertz CT molecular complexity index is 347. The molecule has 0 aliphatic heterocycles. The molecular formula is C18H31NO. The SMILES string of the molecule is CC/C=C/[C@@H]1C=C[C@@H]2CCC[C@H]2[C@@H]1CC[C@H](O)[C@@H](C)N. The summed E-state index contributed by atoms with van der Waals surface area (Å²) in [5.74, 6) is 2.88. The van der Waals surface area contributed by atoms with Crippen LogP contribution < -0.4 is 5.73 Å². The largest absolute Gasteiger partial charge is 0.392 e. The van der Waals surface area contributed by atoms with Gasteiger partial charge in [-0.05, 0) is 62.7 Å². The lowest BCUT2D eigenvalue weighted by molar-refractivity contribution is 0.116. The van der Waals surface area contributed by atoms with E-state index in [2.05, 4.69) is 31.2 Å². The van der Waals surface area contributed by atoms with E-state index in [4.69, 9.17) is 5.73 Å². The minimum atomic E-state index is -0.350. The van der Waals surface area contributed by atoms with E-state index in [9.17, 15) is 5.11 Å². The molecule has 1 fully saturated rings. The zero-order chi connectivity index (χ0) is 14.5. The molecule has 1 saturated carbocycles. The van der Waals surface area contributed by atoms with Gasteiger partial charge in [-0.15, -0.1) is 0 Å².